The highest BCUT2D eigenvalue weighted by Gasteiger charge is 2.20. The molecule has 0 bridgehead atoms. The van der Waals surface area contributed by atoms with Crippen molar-refractivity contribution >= 4 is 11.9 Å². The van der Waals surface area contributed by atoms with Gasteiger partial charge in [0.2, 0.25) is 17.8 Å². The molecule has 3 rings (SSSR count). The SMILES string of the molecule is CN(CC1CCC1)c1nc(N)nc(-n2ccnc2)n1. The number of nitrogens with two attached hydrogens (primary N) is 1. The largest absolute Gasteiger partial charge is 0.368 e. The predicted molar refractivity (Wildman–Crippen MR) is 72.0 cm³/mol. The zero-order valence-corrected chi connectivity index (χ0v) is 10.9. The van der Waals surface area contributed by atoms with E-state index in [0.29, 0.717) is 11.9 Å². The van der Waals surface area contributed by atoms with E-state index in [4.69, 9.17) is 5.73 Å². The molecule has 2 aromatic rings. The Hall–Kier alpha value is -2.18. The number of hydrogen-bond acceptors (Lipinski definition) is 6. The van der Waals surface area contributed by atoms with Crippen molar-refractivity contribution in [3.05, 3.63) is 18.7 Å². The molecular formula is C12H17N7. The Kier molecular flexibility index (Phi) is 3.02. The monoisotopic (exact) mass is 259 g/mol. The first-order chi connectivity index (χ1) is 9.22. The van der Waals surface area contributed by atoms with Crippen molar-refractivity contribution in [3.63, 3.8) is 0 Å². The average molecular weight is 259 g/mol. The van der Waals surface area contributed by atoms with Gasteiger partial charge in [-0.3, -0.25) is 4.57 Å². The van der Waals surface area contributed by atoms with E-state index in [1.165, 1.54) is 19.3 Å². The molecule has 7 nitrogen and oxygen atoms in total. The Bertz CT molecular complexity index is 547. The molecule has 0 saturated heterocycles. The third kappa shape index (κ3) is 2.49. The molecule has 0 aromatic carbocycles. The molecule has 0 aliphatic heterocycles. The second kappa shape index (κ2) is 4.83. The minimum atomic E-state index is 0.231. The summed E-state index contributed by atoms with van der Waals surface area (Å²) in [5, 5.41) is 0. The zero-order chi connectivity index (χ0) is 13.2. The molecule has 1 aliphatic rings. The number of nitrogen functional groups attached to an aromatic ring is 1. The second-order valence-electron chi connectivity index (χ2n) is 4.94. The van der Waals surface area contributed by atoms with Gasteiger partial charge in [-0.25, -0.2) is 4.98 Å². The fourth-order valence-corrected chi connectivity index (χ4v) is 2.18. The topological polar surface area (TPSA) is 85.8 Å². The summed E-state index contributed by atoms with van der Waals surface area (Å²) >= 11 is 0. The third-order valence-corrected chi connectivity index (χ3v) is 3.46. The highest BCUT2D eigenvalue weighted by atomic mass is 15.3. The predicted octanol–water partition coefficient (Wildman–Crippen LogP) is 0.876. The maximum absolute atomic E-state index is 5.76. The van der Waals surface area contributed by atoms with Crippen LogP contribution in [0.4, 0.5) is 11.9 Å². The lowest BCUT2D eigenvalue weighted by Crippen LogP contribution is -2.31. The van der Waals surface area contributed by atoms with E-state index in [1.54, 1.807) is 23.3 Å². The van der Waals surface area contributed by atoms with Gasteiger partial charge in [-0.15, -0.1) is 0 Å². The minimum absolute atomic E-state index is 0.231. The fraction of sp³-hybridized carbons (Fsp3) is 0.500. The standard InChI is InChI=1S/C12H17N7/c1-18(7-9-3-2-4-9)11-15-10(13)16-12(17-11)19-6-5-14-8-19/h5-6,8-9H,2-4,7H2,1H3,(H2,13,15,16,17). The van der Waals surface area contributed by atoms with Crippen LogP contribution in [0.15, 0.2) is 18.7 Å². The van der Waals surface area contributed by atoms with Gasteiger partial charge < -0.3 is 10.6 Å². The zero-order valence-electron chi connectivity index (χ0n) is 10.9. The Morgan fingerprint density at radius 2 is 2.21 bits per heavy atom. The van der Waals surface area contributed by atoms with E-state index < -0.39 is 0 Å². The number of anilines is 2. The van der Waals surface area contributed by atoms with Crippen molar-refractivity contribution in [2.24, 2.45) is 5.92 Å². The van der Waals surface area contributed by atoms with Crippen LogP contribution in [0.3, 0.4) is 0 Å². The normalized spacial score (nSPS) is 15.2. The van der Waals surface area contributed by atoms with Gasteiger partial charge in [-0.1, -0.05) is 6.42 Å². The lowest BCUT2D eigenvalue weighted by atomic mass is 9.85. The molecule has 19 heavy (non-hydrogen) atoms. The van der Waals surface area contributed by atoms with Crippen molar-refractivity contribution < 1.29 is 0 Å². The minimum Gasteiger partial charge on any atom is -0.368 e. The van der Waals surface area contributed by atoms with Crippen LogP contribution in [0.25, 0.3) is 5.95 Å². The smallest absolute Gasteiger partial charge is 0.241 e. The highest BCUT2D eigenvalue weighted by molar-refractivity contribution is 5.37. The Morgan fingerprint density at radius 1 is 1.37 bits per heavy atom. The number of hydrogen-bond donors (Lipinski definition) is 1. The molecule has 1 fully saturated rings. The van der Waals surface area contributed by atoms with Gasteiger partial charge in [-0.2, -0.15) is 15.0 Å². The maximum atomic E-state index is 5.76. The van der Waals surface area contributed by atoms with Gasteiger partial charge in [0.15, 0.2) is 0 Å². The molecule has 1 aliphatic carbocycles. The van der Waals surface area contributed by atoms with E-state index in [2.05, 4.69) is 19.9 Å². The fourth-order valence-electron chi connectivity index (χ4n) is 2.18. The summed E-state index contributed by atoms with van der Waals surface area (Å²) in [5.41, 5.74) is 5.76. The number of imidazole rings is 1. The van der Waals surface area contributed by atoms with Crippen molar-refractivity contribution in [1.82, 2.24) is 24.5 Å². The first-order valence-corrected chi connectivity index (χ1v) is 6.43. The first-order valence-electron chi connectivity index (χ1n) is 6.43. The lowest BCUT2D eigenvalue weighted by molar-refractivity contribution is 0.320. The van der Waals surface area contributed by atoms with Gasteiger partial charge in [-0.05, 0) is 18.8 Å². The molecule has 0 spiro atoms. The van der Waals surface area contributed by atoms with Crippen LogP contribution in [-0.2, 0) is 0 Å². The Balaban J connectivity index is 1.84. The molecule has 0 radical (unpaired) electrons. The van der Waals surface area contributed by atoms with Crippen molar-refractivity contribution in [2.45, 2.75) is 19.3 Å². The molecule has 2 aromatic heterocycles. The van der Waals surface area contributed by atoms with Crippen molar-refractivity contribution in [2.75, 3.05) is 24.2 Å². The number of rotatable bonds is 4. The third-order valence-electron chi connectivity index (χ3n) is 3.46. The van der Waals surface area contributed by atoms with Gasteiger partial charge in [0, 0.05) is 26.0 Å². The van der Waals surface area contributed by atoms with Crippen LogP contribution in [0, 0.1) is 5.92 Å². The molecule has 0 atom stereocenters. The summed E-state index contributed by atoms with van der Waals surface area (Å²) in [6.45, 7) is 0.965. The van der Waals surface area contributed by atoms with Crippen LogP contribution >= 0.6 is 0 Å². The quantitative estimate of drug-likeness (QED) is 0.877. The maximum Gasteiger partial charge on any atom is 0.241 e. The molecule has 2 heterocycles. The summed E-state index contributed by atoms with van der Waals surface area (Å²) in [6, 6.07) is 0. The van der Waals surface area contributed by atoms with Crippen molar-refractivity contribution in [1.29, 1.82) is 0 Å². The molecular weight excluding hydrogens is 242 g/mol. The van der Waals surface area contributed by atoms with E-state index in [1.807, 2.05) is 11.9 Å². The van der Waals surface area contributed by atoms with Gasteiger partial charge in [0.05, 0.1) is 0 Å². The number of aromatic nitrogens is 5. The molecule has 0 amide bonds. The first kappa shape index (κ1) is 11.9. The molecule has 2 N–H and O–H groups in total. The Labute approximate surface area is 111 Å². The molecule has 7 heteroatoms. The van der Waals surface area contributed by atoms with Gasteiger partial charge >= 0.3 is 0 Å². The lowest BCUT2D eigenvalue weighted by Gasteiger charge is -2.30. The van der Waals surface area contributed by atoms with Crippen LogP contribution in [0.5, 0.6) is 0 Å². The summed E-state index contributed by atoms with van der Waals surface area (Å²) in [4.78, 5) is 18.8. The van der Waals surface area contributed by atoms with E-state index in [0.717, 1.165) is 12.5 Å². The molecule has 100 valence electrons. The summed E-state index contributed by atoms with van der Waals surface area (Å²) in [5.74, 6) is 2.09. The van der Waals surface area contributed by atoms with Crippen LogP contribution in [-0.4, -0.2) is 38.1 Å². The second-order valence-corrected chi connectivity index (χ2v) is 4.94. The van der Waals surface area contributed by atoms with Crippen LogP contribution in [0.1, 0.15) is 19.3 Å². The van der Waals surface area contributed by atoms with E-state index >= 15 is 0 Å². The summed E-state index contributed by atoms with van der Waals surface area (Å²) in [7, 11) is 1.99. The van der Waals surface area contributed by atoms with Crippen LogP contribution in [0.2, 0.25) is 0 Å². The van der Waals surface area contributed by atoms with E-state index in [9.17, 15) is 0 Å². The number of nitrogens with zero attached hydrogens (tertiary/aromatic N) is 6. The summed E-state index contributed by atoms with van der Waals surface area (Å²) < 4.78 is 1.72. The van der Waals surface area contributed by atoms with Gasteiger partial charge in [0.1, 0.15) is 6.33 Å². The van der Waals surface area contributed by atoms with Crippen LogP contribution < -0.4 is 10.6 Å². The molecule has 0 unspecified atom stereocenters. The average Bonchev–Trinajstić information content (AvgIpc) is 2.86. The van der Waals surface area contributed by atoms with E-state index in [-0.39, 0.29) is 5.95 Å². The Morgan fingerprint density at radius 3 is 2.84 bits per heavy atom. The van der Waals surface area contributed by atoms with Gasteiger partial charge in [0.25, 0.3) is 0 Å². The van der Waals surface area contributed by atoms with Crippen molar-refractivity contribution in [3.8, 4) is 5.95 Å². The molecule has 1 saturated carbocycles. The highest BCUT2D eigenvalue weighted by Crippen LogP contribution is 2.27. The summed E-state index contributed by atoms with van der Waals surface area (Å²) in [6.07, 6.45) is 9.02.